The lowest BCUT2D eigenvalue weighted by atomic mass is 10.3. The van der Waals surface area contributed by atoms with Gasteiger partial charge in [-0.2, -0.15) is 15.5 Å². The Morgan fingerprint density at radius 3 is 2.67 bits per heavy atom. The fourth-order valence-electron chi connectivity index (χ4n) is 1.41. The van der Waals surface area contributed by atoms with Crippen LogP contribution in [0.4, 0.5) is 5.69 Å². The van der Waals surface area contributed by atoms with Gasteiger partial charge in [0.25, 0.3) is 0 Å². The third kappa shape index (κ3) is 1.73. The number of halogens is 1. The molecule has 2 rings (SSSR count). The standard InChI is InChI=1S/C10H6ClN7/c1-5-8(14)9(17-10(11)16-5)18-4-15-6(2-12)7(18)3-13/h4H,14H2,1H3. The molecule has 2 aromatic rings. The van der Waals surface area contributed by atoms with Crippen molar-refractivity contribution in [3.8, 4) is 18.0 Å². The molecule has 0 aliphatic carbocycles. The molecule has 0 bridgehead atoms. The Hall–Kier alpha value is -2.64. The van der Waals surface area contributed by atoms with Gasteiger partial charge in [0.15, 0.2) is 17.2 Å². The molecule has 0 aliphatic heterocycles. The van der Waals surface area contributed by atoms with E-state index in [1.807, 2.05) is 12.1 Å². The number of nitrogens with two attached hydrogens (primary N) is 1. The van der Waals surface area contributed by atoms with Crippen molar-refractivity contribution >= 4 is 17.3 Å². The van der Waals surface area contributed by atoms with Gasteiger partial charge in [-0.15, -0.1) is 0 Å². The van der Waals surface area contributed by atoms with Crippen LogP contribution in [0.5, 0.6) is 0 Å². The molecule has 7 nitrogen and oxygen atoms in total. The van der Waals surface area contributed by atoms with Crippen molar-refractivity contribution < 1.29 is 0 Å². The molecular formula is C10H6ClN7. The molecule has 2 aromatic heterocycles. The molecular weight excluding hydrogens is 254 g/mol. The summed E-state index contributed by atoms with van der Waals surface area (Å²) in [6.07, 6.45) is 1.30. The van der Waals surface area contributed by atoms with Crippen LogP contribution >= 0.6 is 11.6 Å². The summed E-state index contributed by atoms with van der Waals surface area (Å²) < 4.78 is 1.31. The predicted molar refractivity (Wildman–Crippen MR) is 62.7 cm³/mol. The third-order valence-electron chi connectivity index (χ3n) is 2.30. The van der Waals surface area contributed by atoms with Gasteiger partial charge in [0, 0.05) is 0 Å². The zero-order valence-corrected chi connectivity index (χ0v) is 9.97. The normalized spacial score (nSPS) is 9.78. The molecule has 18 heavy (non-hydrogen) atoms. The first kappa shape index (κ1) is 11.8. The lowest BCUT2D eigenvalue weighted by molar-refractivity contribution is 0.950. The van der Waals surface area contributed by atoms with E-state index in [0.717, 1.165) is 0 Å². The highest BCUT2D eigenvalue weighted by molar-refractivity contribution is 6.28. The van der Waals surface area contributed by atoms with Crippen LogP contribution in [0, 0.1) is 29.6 Å². The van der Waals surface area contributed by atoms with Gasteiger partial charge in [-0.3, -0.25) is 4.57 Å². The van der Waals surface area contributed by atoms with E-state index in [4.69, 9.17) is 27.9 Å². The Morgan fingerprint density at radius 1 is 1.33 bits per heavy atom. The Kier molecular flexibility index (Phi) is 2.84. The minimum Gasteiger partial charge on any atom is -0.394 e. The number of rotatable bonds is 1. The summed E-state index contributed by atoms with van der Waals surface area (Å²) in [5.74, 6) is 0.234. The molecule has 0 spiro atoms. The molecule has 88 valence electrons. The highest BCUT2D eigenvalue weighted by Gasteiger charge is 2.16. The zero-order chi connectivity index (χ0) is 13.3. The first-order valence-corrected chi connectivity index (χ1v) is 5.13. The van der Waals surface area contributed by atoms with Crippen molar-refractivity contribution in [3.63, 3.8) is 0 Å². The van der Waals surface area contributed by atoms with Crippen molar-refractivity contribution in [1.29, 1.82) is 10.5 Å². The molecule has 0 aliphatic rings. The summed E-state index contributed by atoms with van der Waals surface area (Å²) in [7, 11) is 0. The van der Waals surface area contributed by atoms with Crippen molar-refractivity contribution in [2.24, 2.45) is 0 Å². The number of aryl methyl sites for hydroxylation is 1. The van der Waals surface area contributed by atoms with Gasteiger partial charge in [-0.05, 0) is 18.5 Å². The average Bonchev–Trinajstić information content (AvgIpc) is 2.76. The smallest absolute Gasteiger partial charge is 0.224 e. The molecule has 0 unspecified atom stereocenters. The first-order valence-electron chi connectivity index (χ1n) is 4.76. The number of anilines is 1. The Bertz CT molecular complexity index is 704. The van der Waals surface area contributed by atoms with Gasteiger partial charge in [0.05, 0.1) is 11.4 Å². The fraction of sp³-hybridized carbons (Fsp3) is 0.100. The topological polar surface area (TPSA) is 117 Å². The number of nitriles is 2. The van der Waals surface area contributed by atoms with E-state index < -0.39 is 0 Å². The number of nitrogen functional groups attached to an aromatic ring is 1. The SMILES string of the molecule is Cc1nc(Cl)nc(-n2cnc(C#N)c2C#N)c1N. The highest BCUT2D eigenvalue weighted by Crippen LogP contribution is 2.22. The number of nitrogens with zero attached hydrogens (tertiary/aromatic N) is 6. The maximum Gasteiger partial charge on any atom is 0.224 e. The monoisotopic (exact) mass is 259 g/mol. The second-order valence-corrected chi connectivity index (χ2v) is 3.69. The highest BCUT2D eigenvalue weighted by atomic mass is 35.5. The molecule has 2 N–H and O–H groups in total. The van der Waals surface area contributed by atoms with Gasteiger partial charge < -0.3 is 5.73 Å². The molecule has 0 fully saturated rings. The van der Waals surface area contributed by atoms with E-state index in [-0.39, 0.29) is 28.2 Å². The van der Waals surface area contributed by atoms with Crippen LogP contribution in [-0.4, -0.2) is 19.5 Å². The van der Waals surface area contributed by atoms with Crippen molar-refractivity contribution in [2.75, 3.05) is 5.73 Å². The third-order valence-corrected chi connectivity index (χ3v) is 2.47. The molecule has 8 heteroatoms. The molecule has 0 saturated heterocycles. The van der Waals surface area contributed by atoms with Gasteiger partial charge in [-0.1, -0.05) is 0 Å². The molecule has 0 atom stereocenters. The van der Waals surface area contributed by atoms with Crippen LogP contribution in [0.1, 0.15) is 17.1 Å². The summed E-state index contributed by atoms with van der Waals surface area (Å²) in [5.41, 5.74) is 6.65. The van der Waals surface area contributed by atoms with Crippen LogP contribution in [0.15, 0.2) is 6.33 Å². The second-order valence-electron chi connectivity index (χ2n) is 3.35. The van der Waals surface area contributed by atoms with Crippen LogP contribution in [-0.2, 0) is 0 Å². The fourth-order valence-corrected chi connectivity index (χ4v) is 1.62. The Balaban J connectivity index is 2.75. The average molecular weight is 260 g/mol. The van der Waals surface area contributed by atoms with Gasteiger partial charge in [-0.25, -0.2) is 9.97 Å². The second kappa shape index (κ2) is 4.32. The molecule has 0 amide bonds. The van der Waals surface area contributed by atoms with Gasteiger partial charge >= 0.3 is 0 Å². The largest absolute Gasteiger partial charge is 0.394 e. The first-order chi connectivity index (χ1) is 8.58. The number of hydrogen-bond donors (Lipinski definition) is 1. The Labute approximate surface area is 107 Å². The molecule has 0 saturated carbocycles. The van der Waals surface area contributed by atoms with Gasteiger partial charge in [0.1, 0.15) is 18.5 Å². The molecule has 0 aromatic carbocycles. The van der Waals surface area contributed by atoms with Gasteiger partial charge in [0.2, 0.25) is 5.28 Å². The number of aromatic nitrogens is 4. The summed E-state index contributed by atoms with van der Waals surface area (Å²) >= 11 is 5.75. The van der Waals surface area contributed by atoms with E-state index in [2.05, 4.69) is 15.0 Å². The summed E-state index contributed by atoms with van der Waals surface area (Å²) in [5, 5.41) is 17.9. The minimum absolute atomic E-state index is 0.00397. The van der Waals surface area contributed by atoms with Crippen LogP contribution in [0.25, 0.3) is 5.82 Å². The Morgan fingerprint density at radius 2 is 2.06 bits per heavy atom. The van der Waals surface area contributed by atoms with Crippen LogP contribution in [0.3, 0.4) is 0 Å². The lowest BCUT2D eigenvalue weighted by Crippen LogP contribution is -2.07. The summed E-state index contributed by atoms with van der Waals surface area (Å²) in [6.45, 7) is 1.67. The molecule has 2 heterocycles. The van der Waals surface area contributed by atoms with Crippen molar-refractivity contribution in [2.45, 2.75) is 6.92 Å². The number of imidazole rings is 1. The van der Waals surface area contributed by atoms with E-state index >= 15 is 0 Å². The van der Waals surface area contributed by atoms with Crippen LogP contribution < -0.4 is 5.73 Å². The lowest BCUT2D eigenvalue weighted by Gasteiger charge is -2.08. The molecule has 0 radical (unpaired) electrons. The zero-order valence-electron chi connectivity index (χ0n) is 9.22. The van der Waals surface area contributed by atoms with Crippen LogP contribution in [0.2, 0.25) is 5.28 Å². The van der Waals surface area contributed by atoms with E-state index in [1.54, 1.807) is 6.92 Å². The van der Waals surface area contributed by atoms with E-state index in [0.29, 0.717) is 5.69 Å². The maximum atomic E-state index is 9.03. The quantitative estimate of drug-likeness (QED) is 0.762. The minimum atomic E-state index is 0.00397. The van der Waals surface area contributed by atoms with E-state index in [1.165, 1.54) is 10.9 Å². The predicted octanol–water partition coefficient (Wildman–Crippen LogP) is 0.950. The maximum absolute atomic E-state index is 9.03. The number of hydrogen-bond acceptors (Lipinski definition) is 6. The van der Waals surface area contributed by atoms with E-state index in [9.17, 15) is 0 Å². The summed E-state index contributed by atoms with van der Waals surface area (Å²) in [4.78, 5) is 11.6. The van der Waals surface area contributed by atoms with Crippen molar-refractivity contribution in [1.82, 2.24) is 19.5 Å². The van der Waals surface area contributed by atoms with Crippen molar-refractivity contribution in [3.05, 3.63) is 28.7 Å². The summed E-state index contributed by atoms with van der Waals surface area (Å²) in [6, 6.07) is 3.69.